The number of hydrogen-bond acceptors (Lipinski definition) is 4. The van der Waals surface area contributed by atoms with Crippen LogP contribution >= 0.6 is 0 Å². The van der Waals surface area contributed by atoms with Crippen molar-refractivity contribution >= 4 is 5.71 Å². The van der Waals surface area contributed by atoms with Crippen LogP contribution in [0.5, 0.6) is 5.75 Å². The Morgan fingerprint density at radius 3 is 2.69 bits per heavy atom. The van der Waals surface area contributed by atoms with E-state index in [4.69, 9.17) is 9.57 Å². The van der Waals surface area contributed by atoms with E-state index < -0.39 is 5.41 Å². The first-order chi connectivity index (χ1) is 7.69. The zero-order valence-corrected chi connectivity index (χ0v) is 9.43. The van der Waals surface area contributed by atoms with E-state index in [0.29, 0.717) is 6.61 Å². The van der Waals surface area contributed by atoms with Crippen molar-refractivity contribution in [2.75, 3.05) is 20.3 Å². The second-order valence-corrected chi connectivity index (χ2v) is 4.16. The van der Waals surface area contributed by atoms with E-state index in [-0.39, 0.29) is 6.61 Å². The second-order valence-electron chi connectivity index (χ2n) is 4.16. The van der Waals surface area contributed by atoms with Crippen LogP contribution in [-0.2, 0) is 4.84 Å². The summed E-state index contributed by atoms with van der Waals surface area (Å²) in [5, 5.41) is 13.4. The number of aliphatic hydroxyl groups is 1. The van der Waals surface area contributed by atoms with Crippen LogP contribution in [0.4, 0.5) is 0 Å². The van der Waals surface area contributed by atoms with Gasteiger partial charge in [-0.15, -0.1) is 0 Å². The summed E-state index contributed by atoms with van der Waals surface area (Å²) in [6, 6.07) is 7.57. The number of methoxy groups -OCH3 is 1. The molecule has 16 heavy (non-hydrogen) atoms. The van der Waals surface area contributed by atoms with Crippen molar-refractivity contribution in [2.45, 2.75) is 6.92 Å². The lowest BCUT2D eigenvalue weighted by molar-refractivity contribution is 0.0915. The summed E-state index contributed by atoms with van der Waals surface area (Å²) in [7, 11) is 1.63. The van der Waals surface area contributed by atoms with E-state index in [2.05, 4.69) is 5.16 Å². The van der Waals surface area contributed by atoms with Gasteiger partial charge in [0.05, 0.1) is 24.8 Å². The Kier molecular flexibility index (Phi) is 2.83. The maximum absolute atomic E-state index is 9.37. The molecule has 0 spiro atoms. The molecule has 1 aromatic carbocycles. The van der Waals surface area contributed by atoms with E-state index in [9.17, 15) is 5.11 Å². The minimum atomic E-state index is -0.408. The number of hydrogen-bond donors (Lipinski definition) is 1. The smallest absolute Gasteiger partial charge is 0.130 e. The SMILES string of the molecule is COc1ccc(C2=NOC[C@]2(C)CO)cc1. The molecule has 1 aliphatic rings. The maximum atomic E-state index is 9.37. The molecule has 0 unspecified atom stereocenters. The molecular weight excluding hydrogens is 206 g/mol. The van der Waals surface area contributed by atoms with Crippen LogP contribution in [0.3, 0.4) is 0 Å². The molecule has 0 radical (unpaired) electrons. The van der Waals surface area contributed by atoms with Crippen molar-refractivity contribution in [3.63, 3.8) is 0 Å². The fraction of sp³-hybridized carbons (Fsp3) is 0.417. The third kappa shape index (κ3) is 1.76. The average molecular weight is 221 g/mol. The molecule has 0 bridgehead atoms. The van der Waals surface area contributed by atoms with Gasteiger partial charge in [-0.3, -0.25) is 0 Å². The van der Waals surface area contributed by atoms with E-state index >= 15 is 0 Å². The molecule has 1 N–H and O–H groups in total. The van der Waals surface area contributed by atoms with Gasteiger partial charge in [-0.2, -0.15) is 0 Å². The number of rotatable bonds is 3. The van der Waals surface area contributed by atoms with Gasteiger partial charge in [-0.25, -0.2) is 0 Å². The lowest BCUT2D eigenvalue weighted by Gasteiger charge is -2.20. The lowest BCUT2D eigenvalue weighted by Crippen LogP contribution is -2.32. The van der Waals surface area contributed by atoms with Crippen LogP contribution in [0.25, 0.3) is 0 Å². The van der Waals surface area contributed by atoms with Gasteiger partial charge < -0.3 is 14.7 Å². The van der Waals surface area contributed by atoms with Gasteiger partial charge in [-0.05, 0) is 31.2 Å². The summed E-state index contributed by atoms with van der Waals surface area (Å²) in [5.41, 5.74) is 1.33. The summed E-state index contributed by atoms with van der Waals surface area (Å²) in [5.74, 6) is 0.800. The van der Waals surface area contributed by atoms with Gasteiger partial charge in [0.15, 0.2) is 0 Å². The fourth-order valence-electron chi connectivity index (χ4n) is 1.69. The molecule has 86 valence electrons. The van der Waals surface area contributed by atoms with Crippen molar-refractivity contribution in [1.82, 2.24) is 0 Å². The quantitative estimate of drug-likeness (QED) is 0.840. The van der Waals surface area contributed by atoms with Gasteiger partial charge in [0.25, 0.3) is 0 Å². The molecular formula is C12H15NO3. The van der Waals surface area contributed by atoms with Gasteiger partial charge in [0.1, 0.15) is 12.4 Å². The predicted octanol–water partition coefficient (Wildman–Crippen LogP) is 1.43. The molecule has 0 aliphatic carbocycles. The van der Waals surface area contributed by atoms with Crippen LogP contribution < -0.4 is 4.74 Å². The molecule has 0 saturated heterocycles. The number of ether oxygens (including phenoxy) is 1. The zero-order chi connectivity index (χ0) is 11.6. The van der Waals surface area contributed by atoms with Gasteiger partial charge in [0.2, 0.25) is 0 Å². The van der Waals surface area contributed by atoms with Gasteiger partial charge in [-0.1, -0.05) is 5.16 Å². The first-order valence-corrected chi connectivity index (χ1v) is 5.15. The van der Waals surface area contributed by atoms with E-state index in [0.717, 1.165) is 17.0 Å². The molecule has 0 saturated carbocycles. The molecule has 0 fully saturated rings. The fourth-order valence-corrected chi connectivity index (χ4v) is 1.69. The number of nitrogens with zero attached hydrogens (tertiary/aromatic N) is 1. The predicted molar refractivity (Wildman–Crippen MR) is 60.7 cm³/mol. The van der Waals surface area contributed by atoms with Crippen molar-refractivity contribution in [3.05, 3.63) is 29.8 Å². The third-order valence-corrected chi connectivity index (χ3v) is 2.82. The maximum Gasteiger partial charge on any atom is 0.130 e. The Hall–Kier alpha value is -1.55. The van der Waals surface area contributed by atoms with Gasteiger partial charge >= 0.3 is 0 Å². The number of oxime groups is 1. The lowest BCUT2D eigenvalue weighted by atomic mass is 9.84. The molecule has 1 aliphatic heterocycles. The molecule has 4 nitrogen and oxygen atoms in total. The Balaban J connectivity index is 2.30. The van der Waals surface area contributed by atoms with Crippen molar-refractivity contribution in [2.24, 2.45) is 10.6 Å². The monoisotopic (exact) mass is 221 g/mol. The molecule has 4 heteroatoms. The topological polar surface area (TPSA) is 51.0 Å². The Morgan fingerprint density at radius 1 is 1.44 bits per heavy atom. The Morgan fingerprint density at radius 2 is 2.12 bits per heavy atom. The minimum absolute atomic E-state index is 0.0257. The molecule has 2 rings (SSSR count). The highest BCUT2D eigenvalue weighted by atomic mass is 16.6. The minimum Gasteiger partial charge on any atom is -0.497 e. The van der Waals surface area contributed by atoms with Crippen molar-refractivity contribution in [1.29, 1.82) is 0 Å². The summed E-state index contributed by atoms with van der Waals surface area (Å²) < 4.78 is 5.09. The van der Waals surface area contributed by atoms with E-state index in [1.54, 1.807) is 7.11 Å². The van der Waals surface area contributed by atoms with E-state index in [1.165, 1.54) is 0 Å². The highest BCUT2D eigenvalue weighted by Gasteiger charge is 2.37. The normalized spacial score (nSPS) is 23.8. The van der Waals surface area contributed by atoms with Gasteiger partial charge in [0, 0.05) is 5.56 Å². The standard InChI is InChI=1S/C12H15NO3/c1-12(7-14)8-16-13-11(12)9-3-5-10(15-2)6-4-9/h3-6,14H,7-8H2,1-2H3/t12-/m0/s1. The van der Waals surface area contributed by atoms with Crippen LogP contribution in [0, 0.1) is 5.41 Å². The summed E-state index contributed by atoms with van der Waals surface area (Å²) in [6.07, 6.45) is 0. The average Bonchev–Trinajstić information content (AvgIpc) is 2.72. The highest BCUT2D eigenvalue weighted by Crippen LogP contribution is 2.29. The zero-order valence-electron chi connectivity index (χ0n) is 9.43. The van der Waals surface area contributed by atoms with Crippen molar-refractivity contribution < 1.29 is 14.7 Å². The second kappa shape index (κ2) is 4.14. The van der Waals surface area contributed by atoms with Crippen LogP contribution in [0.2, 0.25) is 0 Å². The van der Waals surface area contributed by atoms with Crippen molar-refractivity contribution in [3.8, 4) is 5.75 Å². The first-order valence-electron chi connectivity index (χ1n) is 5.15. The number of aliphatic hydroxyl groups excluding tert-OH is 1. The van der Waals surface area contributed by atoms with Crippen LogP contribution in [-0.4, -0.2) is 31.1 Å². The molecule has 1 heterocycles. The Labute approximate surface area is 94.5 Å². The highest BCUT2D eigenvalue weighted by molar-refractivity contribution is 6.05. The molecule has 0 aromatic heterocycles. The molecule has 1 aromatic rings. The largest absolute Gasteiger partial charge is 0.497 e. The van der Waals surface area contributed by atoms with E-state index in [1.807, 2.05) is 31.2 Å². The molecule has 1 atom stereocenters. The summed E-state index contributed by atoms with van der Waals surface area (Å²) >= 11 is 0. The third-order valence-electron chi connectivity index (χ3n) is 2.82. The summed E-state index contributed by atoms with van der Waals surface area (Å²) in [6.45, 7) is 2.38. The summed E-state index contributed by atoms with van der Waals surface area (Å²) in [4.78, 5) is 5.07. The van der Waals surface area contributed by atoms with Crippen LogP contribution in [0.1, 0.15) is 12.5 Å². The first kappa shape index (κ1) is 11.0. The number of benzene rings is 1. The molecule has 0 amide bonds. The van der Waals surface area contributed by atoms with Crippen LogP contribution in [0.15, 0.2) is 29.4 Å². The Bertz CT molecular complexity index is 399.